The summed E-state index contributed by atoms with van der Waals surface area (Å²) in [4.78, 5) is 0. The number of hydrogen-bond acceptors (Lipinski definition) is 4. The number of nitrogens with two attached hydrogens (primary N) is 2. The molecule has 0 aromatic heterocycles. The number of alkyl halides is 6. The lowest BCUT2D eigenvalue weighted by Crippen LogP contribution is -2.15. The molecule has 15 heavy (non-hydrogen) atoms. The smallest absolute Gasteiger partial charge is 0.287 e. The van der Waals surface area contributed by atoms with Gasteiger partial charge < -0.3 is 0 Å². The summed E-state index contributed by atoms with van der Waals surface area (Å²) in [5.41, 5.74) is 9.30. The van der Waals surface area contributed by atoms with Crippen LogP contribution in [0.3, 0.4) is 0 Å². The first-order chi connectivity index (χ1) is 6.00. The van der Waals surface area contributed by atoms with Gasteiger partial charge in [0.15, 0.2) is 0 Å². The van der Waals surface area contributed by atoms with Crippen LogP contribution in [0.5, 0.6) is 0 Å². The van der Waals surface area contributed by atoms with Crippen LogP contribution in [0.4, 0.5) is 0 Å². The average molecular weight is 367 g/mol. The Hall–Kier alpha value is 1.53. The predicted molar refractivity (Wildman–Crippen MR) is 63.1 cm³/mol. The predicted octanol–water partition coefficient (Wildman–Crippen LogP) is 1.89. The van der Waals surface area contributed by atoms with Crippen molar-refractivity contribution in [2.45, 2.75) is 7.83 Å². The van der Waals surface area contributed by atoms with Gasteiger partial charge in [-0.2, -0.15) is 8.42 Å². The van der Waals surface area contributed by atoms with Crippen LogP contribution in [-0.4, -0.2) is 25.4 Å². The van der Waals surface area contributed by atoms with Crippen LogP contribution in [0.15, 0.2) is 0 Å². The Bertz CT molecular complexity index is 211. The molecule has 0 heterocycles. The molecule has 0 aliphatic carbocycles. The molecule has 0 spiro atoms. The van der Waals surface area contributed by atoms with Crippen LogP contribution < -0.4 is 11.5 Å². The van der Waals surface area contributed by atoms with Gasteiger partial charge in [-0.3, -0.25) is 20.6 Å². The van der Waals surface area contributed by atoms with Crippen molar-refractivity contribution in [3.63, 3.8) is 0 Å². The summed E-state index contributed by atoms with van der Waals surface area (Å²) >= 11 is 29.0. The third-order valence-electron chi connectivity index (χ3n) is 0. The van der Waals surface area contributed by atoms with E-state index in [1.165, 1.54) is 0 Å². The van der Waals surface area contributed by atoms with Crippen molar-refractivity contribution in [2.75, 3.05) is 0 Å². The second kappa shape index (κ2) is 8.60. The van der Waals surface area contributed by atoms with Gasteiger partial charge in [-0.15, -0.1) is 0 Å². The molecule has 0 radical (unpaired) electrons. The molecule has 6 N–H and O–H groups in total. The van der Waals surface area contributed by atoms with Crippen LogP contribution in [0.2, 0.25) is 0 Å². The molecule has 0 atom stereocenters. The van der Waals surface area contributed by atoms with Crippen molar-refractivity contribution in [1.82, 2.24) is 0 Å². The van der Waals surface area contributed by atoms with Crippen LogP contribution in [0, 0.1) is 0 Å². The Morgan fingerprint density at radius 1 is 0.800 bits per heavy atom. The van der Waals surface area contributed by atoms with Crippen molar-refractivity contribution < 1.29 is 17.5 Å². The minimum atomic E-state index is -4.67. The van der Waals surface area contributed by atoms with Gasteiger partial charge in [0.25, 0.3) is 0 Å². The van der Waals surface area contributed by atoms with Gasteiger partial charge in [-0.05, 0) is 0 Å². The molecule has 0 aromatic carbocycles. The molecule has 13 heteroatoms. The minimum absolute atomic E-state index is 1.58. The van der Waals surface area contributed by atoms with Gasteiger partial charge in [0.1, 0.15) is 0 Å². The fraction of sp³-hybridized carbons (Fsp3) is 1.00. The maximum Gasteiger partial charge on any atom is 0.394 e. The monoisotopic (exact) mass is 364 g/mol. The molecule has 0 saturated heterocycles. The van der Waals surface area contributed by atoms with E-state index in [1.807, 2.05) is 0 Å². The highest BCUT2D eigenvalue weighted by Gasteiger charge is 2.08. The van der Waals surface area contributed by atoms with E-state index in [4.69, 9.17) is 87.1 Å². The molecule has 0 saturated carbocycles. The highest BCUT2D eigenvalue weighted by Crippen LogP contribution is 2.16. The van der Waals surface area contributed by atoms with E-state index in [-0.39, 0.29) is 0 Å². The van der Waals surface area contributed by atoms with Crippen molar-refractivity contribution in [3.05, 3.63) is 0 Å². The molecule has 6 nitrogen and oxygen atoms in total. The van der Waals surface area contributed by atoms with Gasteiger partial charge in [0, 0.05) is 0 Å². The van der Waals surface area contributed by atoms with Crippen LogP contribution in [0.1, 0.15) is 0 Å². The topological polar surface area (TPSA) is 127 Å². The Morgan fingerprint density at radius 3 is 0.800 bits per heavy atom. The van der Waals surface area contributed by atoms with Gasteiger partial charge in [-0.25, -0.2) is 0 Å². The average Bonchev–Trinajstić information content (AvgIpc) is 1.41. The first-order valence-electron chi connectivity index (χ1n) is 2.41. The molecule has 0 unspecified atom stereocenters. The summed E-state index contributed by atoms with van der Waals surface area (Å²) in [6.07, 6.45) is 0. The van der Waals surface area contributed by atoms with Gasteiger partial charge in [-0.1, -0.05) is 69.6 Å². The molecular formula is C2H6Cl6N2O4S. The van der Waals surface area contributed by atoms with Crippen molar-refractivity contribution in [1.29, 1.82) is 0 Å². The molecule has 0 fully saturated rings. The maximum atomic E-state index is 8.74. The lowest BCUT2D eigenvalue weighted by atomic mass is 11.5. The van der Waals surface area contributed by atoms with E-state index in [0.29, 0.717) is 0 Å². The number of hydrogen-bond donors (Lipinski definition) is 4. The normalized spacial score (nSPS) is 11.9. The van der Waals surface area contributed by atoms with E-state index in [1.54, 1.807) is 0 Å². The lowest BCUT2D eigenvalue weighted by Gasteiger charge is -1.95. The quantitative estimate of drug-likeness (QED) is 0.294. The van der Waals surface area contributed by atoms with Gasteiger partial charge >= 0.3 is 10.4 Å². The highest BCUT2D eigenvalue weighted by atomic mass is 35.6. The summed E-state index contributed by atoms with van der Waals surface area (Å²) in [6, 6.07) is 0. The standard InChI is InChI=1S/2CH2Cl3N.H2O4S/c2*2-1(3,4)5;1-5(2,3)4/h2*5H2;(H2,1,2,3,4). The first kappa shape index (κ1) is 21.8. The third-order valence-corrected chi connectivity index (χ3v) is 0. The van der Waals surface area contributed by atoms with E-state index in [2.05, 4.69) is 11.5 Å². The Kier molecular flexibility index (Phi) is 12.5. The van der Waals surface area contributed by atoms with E-state index in [0.717, 1.165) is 0 Å². The lowest BCUT2D eigenvalue weighted by molar-refractivity contribution is 0.381. The number of halogens is 6. The van der Waals surface area contributed by atoms with E-state index >= 15 is 0 Å². The van der Waals surface area contributed by atoms with Crippen molar-refractivity contribution in [3.8, 4) is 0 Å². The minimum Gasteiger partial charge on any atom is -0.287 e. The largest absolute Gasteiger partial charge is 0.394 e. The molecule has 0 aliphatic heterocycles. The molecule has 96 valence electrons. The molecule has 0 bridgehead atoms. The fourth-order valence-corrected chi connectivity index (χ4v) is 0. The summed E-state index contributed by atoms with van der Waals surface area (Å²) in [7, 11) is -4.67. The Morgan fingerprint density at radius 2 is 0.800 bits per heavy atom. The van der Waals surface area contributed by atoms with E-state index < -0.39 is 18.2 Å². The SMILES string of the molecule is NC(Cl)(Cl)Cl.NC(Cl)(Cl)Cl.O=S(=O)(O)O. The number of rotatable bonds is 0. The van der Waals surface area contributed by atoms with Crippen molar-refractivity contribution >= 4 is 80.0 Å². The van der Waals surface area contributed by atoms with Crippen LogP contribution >= 0.6 is 69.6 Å². The summed E-state index contributed by atoms with van der Waals surface area (Å²) in [5.74, 6) is 0. The van der Waals surface area contributed by atoms with Crippen molar-refractivity contribution in [2.24, 2.45) is 11.5 Å². The van der Waals surface area contributed by atoms with Crippen LogP contribution in [-0.2, 0) is 10.4 Å². The van der Waals surface area contributed by atoms with E-state index in [9.17, 15) is 0 Å². The molecule has 0 rings (SSSR count). The summed E-state index contributed by atoms with van der Waals surface area (Å²) < 4.78 is 28.4. The molecule has 0 aliphatic rings. The third kappa shape index (κ3) is 1210. The zero-order chi connectivity index (χ0) is 13.5. The van der Waals surface area contributed by atoms with Gasteiger partial charge in [0.2, 0.25) is 7.83 Å². The van der Waals surface area contributed by atoms with Gasteiger partial charge in [0.05, 0.1) is 0 Å². The Balaban J connectivity index is -0.000000144. The molecule has 0 aromatic rings. The first-order valence-corrected chi connectivity index (χ1v) is 6.07. The zero-order valence-corrected chi connectivity index (χ0v) is 11.9. The molecular weight excluding hydrogens is 361 g/mol. The molecule has 0 amide bonds. The fourth-order valence-electron chi connectivity index (χ4n) is 0. The second-order valence-corrected chi connectivity index (χ2v) is 7.16. The Labute approximate surface area is 116 Å². The maximum absolute atomic E-state index is 8.74. The summed E-state index contributed by atoms with van der Waals surface area (Å²) in [6.45, 7) is 0. The zero-order valence-electron chi connectivity index (χ0n) is 6.54. The highest BCUT2D eigenvalue weighted by molar-refractivity contribution is 7.79. The van der Waals surface area contributed by atoms with Crippen LogP contribution in [0.25, 0.3) is 0 Å². The summed E-state index contributed by atoms with van der Waals surface area (Å²) in [5, 5.41) is 0. The second-order valence-electron chi connectivity index (χ2n) is 1.53.